The molecular formula is C14H17BrClN3. The third-order valence-electron chi connectivity index (χ3n) is 3.10. The molecule has 0 unspecified atom stereocenters. The van der Waals surface area contributed by atoms with Crippen LogP contribution in [0.25, 0.3) is 0 Å². The summed E-state index contributed by atoms with van der Waals surface area (Å²) in [5.74, 6) is 0. The lowest BCUT2D eigenvalue weighted by Gasteiger charge is -2.17. The van der Waals surface area contributed by atoms with E-state index in [1.54, 1.807) is 4.68 Å². The Hall–Kier alpha value is -0.840. The van der Waals surface area contributed by atoms with Crippen LogP contribution >= 0.6 is 27.5 Å². The maximum atomic E-state index is 6.26. The van der Waals surface area contributed by atoms with Gasteiger partial charge in [-0.05, 0) is 25.6 Å². The highest BCUT2D eigenvalue weighted by molar-refractivity contribution is 9.10. The van der Waals surface area contributed by atoms with Crippen molar-refractivity contribution >= 4 is 27.5 Å². The Labute approximate surface area is 127 Å². The summed E-state index contributed by atoms with van der Waals surface area (Å²) in [6.45, 7) is 3.65. The summed E-state index contributed by atoms with van der Waals surface area (Å²) in [6.07, 6.45) is 0. The van der Waals surface area contributed by atoms with Crippen LogP contribution in [0.2, 0.25) is 5.15 Å². The van der Waals surface area contributed by atoms with Crippen molar-refractivity contribution in [2.24, 2.45) is 7.05 Å². The second-order valence-corrected chi connectivity index (χ2v) is 5.95. The largest absolute Gasteiger partial charge is 0.298 e. The van der Waals surface area contributed by atoms with Crippen LogP contribution in [0.5, 0.6) is 0 Å². The van der Waals surface area contributed by atoms with Crippen LogP contribution in [-0.4, -0.2) is 21.7 Å². The van der Waals surface area contributed by atoms with E-state index in [1.807, 2.05) is 20.0 Å². The van der Waals surface area contributed by atoms with E-state index < -0.39 is 0 Å². The molecule has 0 aliphatic heterocycles. The molecule has 2 rings (SSSR count). The average Bonchev–Trinajstić information content (AvgIpc) is 2.59. The molecule has 0 saturated heterocycles. The Kier molecular flexibility index (Phi) is 4.66. The predicted molar refractivity (Wildman–Crippen MR) is 82.3 cm³/mol. The molecule has 0 saturated carbocycles. The summed E-state index contributed by atoms with van der Waals surface area (Å²) in [5.41, 5.74) is 3.35. The van der Waals surface area contributed by atoms with E-state index in [1.165, 1.54) is 5.56 Å². The fourth-order valence-electron chi connectivity index (χ4n) is 2.10. The number of rotatable bonds is 4. The Morgan fingerprint density at radius 1 is 1.32 bits per heavy atom. The molecule has 0 fully saturated rings. The van der Waals surface area contributed by atoms with Gasteiger partial charge in [-0.3, -0.25) is 9.58 Å². The van der Waals surface area contributed by atoms with E-state index in [-0.39, 0.29) is 0 Å². The zero-order chi connectivity index (χ0) is 14.0. The van der Waals surface area contributed by atoms with Crippen molar-refractivity contribution in [3.05, 3.63) is 50.7 Å². The second kappa shape index (κ2) is 6.07. The summed E-state index contributed by atoms with van der Waals surface area (Å²) in [7, 11) is 3.95. The normalized spacial score (nSPS) is 11.3. The van der Waals surface area contributed by atoms with Gasteiger partial charge in [-0.25, -0.2) is 0 Å². The van der Waals surface area contributed by atoms with Gasteiger partial charge in [-0.1, -0.05) is 45.7 Å². The van der Waals surface area contributed by atoms with Crippen molar-refractivity contribution < 1.29 is 0 Å². The van der Waals surface area contributed by atoms with Crippen molar-refractivity contribution in [1.29, 1.82) is 0 Å². The first-order valence-electron chi connectivity index (χ1n) is 6.09. The Morgan fingerprint density at radius 3 is 2.58 bits per heavy atom. The molecule has 0 amide bonds. The van der Waals surface area contributed by atoms with Gasteiger partial charge in [-0.15, -0.1) is 0 Å². The molecule has 0 atom stereocenters. The fourth-order valence-corrected chi connectivity index (χ4v) is 2.74. The SMILES string of the molecule is Cc1nn(C)c(Cl)c1CN(C)Cc1ccccc1Br. The number of nitrogens with zero attached hydrogens (tertiary/aromatic N) is 3. The molecule has 0 spiro atoms. The van der Waals surface area contributed by atoms with Gasteiger partial charge < -0.3 is 0 Å². The zero-order valence-corrected chi connectivity index (χ0v) is 13.7. The third-order valence-corrected chi connectivity index (χ3v) is 4.34. The van der Waals surface area contributed by atoms with E-state index in [0.29, 0.717) is 0 Å². The predicted octanol–water partition coefficient (Wildman–Crippen LogP) is 3.78. The molecule has 1 heterocycles. The van der Waals surface area contributed by atoms with Crippen molar-refractivity contribution in [1.82, 2.24) is 14.7 Å². The van der Waals surface area contributed by atoms with Crippen molar-refractivity contribution in [2.75, 3.05) is 7.05 Å². The van der Waals surface area contributed by atoms with Crippen molar-refractivity contribution in [3.63, 3.8) is 0 Å². The average molecular weight is 343 g/mol. The second-order valence-electron chi connectivity index (χ2n) is 4.74. The number of halogens is 2. The van der Waals surface area contributed by atoms with Crippen LogP contribution < -0.4 is 0 Å². The number of aryl methyl sites for hydroxylation is 2. The Morgan fingerprint density at radius 2 is 2.00 bits per heavy atom. The monoisotopic (exact) mass is 341 g/mol. The summed E-state index contributed by atoms with van der Waals surface area (Å²) in [5, 5.41) is 5.06. The van der Waals surface area contributed by atoms with Crippen LogP contribution in [0.1, 0.15) is 16.8 Å². The summed E-state index contributed by atoms with van der Waals surface area (Å²) < 4.78 is 2.86. The number of aromatic nitrogens is 2. The van der Waals surface area contributed by atoms with E-state index in [0.717, 1.165) is 34.0 Å². The molecule has 19 heavy (non-hydrogen) atoms. The van der Waals surface area contributed by atoms with Crippen molar-refractivity contribution in [3.8, 4) is 0 Å². The summed E-state index contributed by atoms with van der Waals surface area (Å²) in [6, 6.07) is 8.26. The Bertz CT molecular complexity index is 580. The highest BCUT2D eigenvalue weighted by atomic mass is 79.9. The third kappa shape index (κ3) is 3.38. The molecule has 0 radical (unpaired) electrons. The summed E-state index contributed by atoms with van der Waals surface area (Å²) >= 11 is 9.83. The number of benzene rings is 1. The molecule has 1 aromatic heterocycles. The van der Waals surface area contributed by atoms with Gasteiger partial charge in [0, 0.05) is 30.2 Å². The van der Waals surface area contributed by atoms with Gasteiger partial charge in [-0.2, -0.15) is 5.10 Å². The molecule has 3 nitrogen and oxygen atoms in total. The molecule has 0 aliphatic carbocycles. The van der Waals surface area contributed by atoms with Crippen molar-refractivity contribution in [2.45, 2.75) is 20.0 Å². The van der Waals surface area contributed by atoms with E-state index in [2.05, 4.69) is 51.2 Å². The first-order chi connectivity index (χ1) is 8.99. The van der Waals surface area contributed by atoms with E-state index in [4.69, 9.17) is 11.6 Å². The highest BCUT2D eigenvalue weighted by Crippen LogP contribution is 2.22. The fraction of sp³-hybridized carbons (Fsp3) is 0.357. The molecule has 0 bridgehead atoms. The van der Waals surface area contributed by atoms with Gasteiger partial charge in [0.15, 0.2) is 0 Å². The minimum atomic E-state index is 0.719. The highest BCUT2D eigenvalue weighted by Gasteiger charge is 2.13. The first-order valence-corrected chi connectivity index (χ1v) is 7.26. The molecular weight excluding hydrogens is 326 g/mol. The molecule has 102 valence electrons. The molecule has 5 heteroatoms. The standard InChI is InChI=1S/C14H17BrClN3/c1-10-12(14(16)19(3)17-10)9-18(2)8-11-6-4-5-7-13(11)15/h4-7H,8-9H2,1-3H3. The lowest BCUT2D eigenvalue weighted by atomic mass is 10.2. The van der Waals surface area contributed by atoms with Crippen LogP contribution in [-0.2, 0) is 20.1 Å². The molecule has 0 N–H and O–H groups in total. The van der Waals surface area contributed by atoms with E-state index in [9.17, 15) is 0 Å². The van der Waals surface area contributed by atoms with Crippen LogP contribution in [0, 0.1) is 6.92 Å². The van der Waals surface area contributed by atoms with Gasteiger partial charge in [0.25, 0.3) is 0 Å². The van der Waals surface area contributed by atoms with Gasteiger partial charge in [0.1, 0.15) is 5.15 Å². The van der Waals surface area contributed by atoms with Gasteiger partial charge in [0.05, 0.1) is 5.69 Å². The topological polar surface area (TPSA) is 21.1 Å². The lowest BCUT2D eigenvalue weighted by molar-refractivity contribution is 0.318. The lowest BCUT2D eigenvalue weighted by Crippen LogP contribution is -2.18. The van der Waals surface area contributed by atoms with Crippen LogP contribution in [0.3, 0.4) is 0 Å². The van der Waals surface area contributed by atoms with Gasteiger partial charge in [0.2, 0.25) is 0 Å². The molecule has 0 aliphatic rings. The van der Waals surface area contributed by atoms with Crippen LogP contribution in [0.15, 0.2) is 28.7 Å². The molecule has 1 aromatic carbocycles. The quantitative estimate of drug-likeness (QED) is 0.843. The smallest absolute Gasteiger partial charge is 0.131 e. The maximum Gasteiger partial charge on any atom is 0.131 e. The minimum absolute atomic E-state index is 0.719. The van der Waals surface area contributed by atoms with Gasteiger partial charge >= 0.3 is 0 Å². The number of hydrogen-bond acceptors (Lipinski definition) is 2. The zero-order valence-electron chi connectivity index (χ0n) is 11.3. The Balaban J connectivity index is 2.10. The first kappa shape index (κ1) is 14.6. The minimum Gasteiger partial charge on any atom is -0.298 e. The maximum absolute atomic E-state index is 6.26. The van der Waals surface area contributed by atoms with E-state index >= 15 is 0 Å². The van der Waals surface area contributed by atoms with Crippen LogP contribution in [0.4, 0.5) is 0 Å². The summed E-state index contributed by atoms with van der Waals surface area (Å²) in [4.78, 5) is 2.23. The molecule has 2 aromatic rings. The number of hydrogen-bond donors (Lipinski definition) is 0.